The molecule has 3 heteroatoms. The third kappa shape index (κ3) is 3.76. The van der Waals surface area contributed by atoms with Crippen molar-refractivity contribution in [2.45, 2.75) is 24.8 Å². The fourth-order valence-electron chi connectivity index (χ4n) is 4.45. The molecule has 0 saturated carbocycles. The normalized spacial score (nSPS) is 20.0. The predicted molar refractivity (Wildman–Crippen MR) is 113 cm³/mol. The number of nitrogens with zero attached hydrogens (tertiary/aromatic N) is 1. The number of hydrogen-bond donors (Lipinski definition) is 1. The Morgan fingerprint density at radius 3 is 2.18 bits per heavy atom. The van der Waals surface area contributed by atoms with E-state index in [4.69, 9.17) is 4.74 Å². The molecule has 1 fully saturated rings. The van der Waals surface area contributed by atoms with Crippen LogP contribution in [-0.4, -0.2) is 30.2 Å². The number of rotatable bonds is 5. The van der Waals surface area contributed by atoms with Crippen LogP contribution in [0.1, 0.15) is 29.5 Å². The van der Waals surface area contributed by atoms with Gasteiger partial charge in [0.05, 0.1) is 7.11 Å². The quantitative estimate of drug-likeness (QED) is 0.684. The highest BCUT2D eigenvalue weighted by Gasteiger charge is 2.38. The molecule has 1 atom stereocenters. The lowest BCUT2D eigenvalue weighted by Crippen LogP contribution is -2.46. The van der Waals surface area contributed by atoms with Gasteiger partial charge in [-0.1, -0.05) is 54.6 Å². The summed E-state index contributed by atoms with van der Waals surface area (Å²) in [6.45, 7) is 3.01. The number of hydrogen-bond acceptors (Lipinski definition) is 3. The van der Waals surface area contributed by atoms with Gasteiger partial charge in [-0.25, -0.2) is 0 Å². The van der Waals surface area contributed by atoms with Crippen LogP contribution in [0.4, 0.5) is 0 Å². The zero-order valence-electron chi connectivity index (χ0n) is 16.3. The smallest absolute Gasteiger partial charge is 0.118 e. The molecule has 4 rings (SSSR count). The molecule has 28 heavy (non-hydrogen) atoms. The molecule has 0 amide bonds. The molecular formula is C25H27NO2. The van der Waals surface area contributed by atoms with Crippen LogP contribution in [0.15, 0.2) is 78.9 Å². The highest BCUT2D eigenvalue weighted by atomic mass is 16.5. The number of ether oxygens (including phenoxy) is 1. The van der Waals surface area contributed by atoms with Gasteiger partial charge in [0.2, 0.25) is 0 Å². The number of likely N-dealkylation sites (tertiary alicyclic amines) is 1. The van der Waals surface area contributed by atoms with Crippen molar-refractivity contribution in [3.05, 3.63) is 95.6 Å². The van der Waals surface area contributed by atoms with E-state index in [0.717, 1.165) is 38.2 Å². The maximum absolute atomic E-state index is 9.80. The van der Waals surface area contributed by atoms with E-state index < -0.39 is 0 Å². The molecule has 1 aliphatic rings. The largest absolute Gasteiger partial charge is 0.508 e. The Balaban J connectivity index is 1.70. The summed E-state index contributed by atoms with van der Waals surface area (Å²) >= 11 is 0. The third-order valence-electron chi connectivity index (χ3n) is 5.88. The highest BCUT2D eigenvalue weighted by molar-refractivity contribution is 5.44. The zero-order chi connectivity index (χ0) is 19.4. The maximum Gasteiger partial charge on any atom is 0.118 e. The molecule has 0 bridgehead atoms. The molecule has 1 saturated heterocycles. The SMILES string of the molecule is COc1ccc(C2(c3ccc(O)cc3)CCCN(Cc3ccccc3)C2)cc1. The fraction of sp³-hybridized carbons (Fsp3) is 0.280. The van der Waals surface area contributed by atoms with E-state index in [-0.39, 0.29) is 5.41 Å². The minimum absolute atomic E-state index is 0.0903. The van der Waals surface area contributed by atoms with Crippen molar-refractivity contribution >= 4 is 0 Å². The minimum Gasteiger partial charge on any atom is -0.508 e. The van der Waals surface area contributed by atoms with Crippen molar-refractivity contribution in [2.24, 2.45) is 0 Å². The zero-order valence-corrected chi connectivity index (χ0v) is 16.3. The van der Waals surface area contributed by atoms with Crippen LogP contribution < -0.4 is 4.74 Å². The minimum atomic E-state index is -0.0903. The Kier molecular flexibility index (Phi) is 5.36. The van der Waals surface area contributed by atoms with Crippen LogP contribution in [0.2, 0.25) is 0 Å². The molecule has 1 heterocycles. The van der Waals surface area contributed by atoms with Crippen molar-refractivity contribution in [3.8, 4) is 11.5 Å². The first kappa shape index (κ1) is 18.6. The second-order valence-electron chi connectivity index (χ2n) is 7.66. The van der Waals surface area contributed by atoms with Crippen LogP contribution >= 0.6 is 0 Å². The van der Waals surface area contributed by atoms with Gasteiger partial charge in [-0.2, -0.15) is 0 Å². The van der Waals surface area contributed by atoms with Crippen molar-refractivity contribution < 1.29 is 9.84 Å². The Hall–Kier alpha value is -2.78. The van der Waals surface area contributed by atoms with Crippen molar-refractivity contribution in [1.82, 2.24) is 4.90 Å². The van der Waals surface area contributed by atoms with Gasteiger partial charge in [0, 0.05) is 18.5 Å². The van der Waals surface area contributed by atoms with Crippen LogP contribution in [0.25, 0.3) is 0 Å². The second kappa shape index (κ2) is 8.07. The molecule has 3 aromatic carbocycles. The average Bonchev–Trinajstić information content (AvgIpc) is 2.75. The number of aromatic hydroxyl groups is 1. The highest BCUT2D eigenvalue weighted by Crippen LogP contribution is 2.41. The molecule has 0 aliphatic carbocycles. The van der Waals surface area contributed by atoms with Crippen LogP contribution in [0, 0.1) is 0 Å². The molecule has 3 aromatic rings. The Labute approximate surface area is 167 Å². The molecule has 3 nitrogen and oxygen atoms in total. The molecule has 1 N–H and O–H groups in total. The summed E-state index contributed by atoms with van der Waals surface area (Å²) in [7, 11) is 1.70. The summed E-state index contributed by atoms with van der Waals surface area (Å²) in [6.07, 6.45) is 2.23. The van der Waals surface area contributed by atoms with Gasteiger partial charge >= 0.3 is 0 Å². The standard InChI is InChI=1S/C25H27NO2/c1-28-24-14-10-22(11-15-24)25(21-8-12-23(27)13-9-21)16-5-17-26(19-25)18-20-6-3-2-4-7-20/h2-4,6-15,27H,5,16-19H2,1H3. The van der Waals surface area contributed by atoms with Gasteiger partial charge in [-0.3, -0.25) is 4.90 Å². The van der Waals surface area contributed by atoms with Crippen LogP contribution in [0.5, 0.6) is 11.5 Å². The summed E-state index contributed by atoms with van der Waals surface area (Å²) in [5, 5.41) is 9.80. The van der Waals surface area contributed by atoms with E-state index in [9.17, 15) is 5.11 Å². The maximum atomic E-state index is 9.80. The molecule has 1 unspecified atom stereocenters. The van der Waals surface area contributed by atoms with Gasteiger partial charge in [-0.15, -0.1) is 0 Å². The number of phenols is 1. The van der Waals surface area contributed by atoms with E-state index in [1.165, 1.54) is 16.7 Å². The Morgan fingerprint density at radius 1 is 0.893 bits per heavy atom. The number of phenolic OH excluding ortho intramolecular Hbond substituents is 1. The second-order valence-corrected chi connectivity index (χ2v) is 7.66. The van der Waals surface area contributed by atoms with Gasteiger partial charge in [-0.05, 0) is 60.3 Å². The summed E-state index contributed by atoms with van der Waals surface area (Å²) in [5.74, 6) is 1.19. The third-order valence-corrected chi connectivity index (χ3v) is 5.88. The lowest BCUT2D eigenvalue weighted by Gasteiger charge is -2.44. The van der Waals surface area contributed by atoms with Crippen molar-refractivity contribution in [3.63, 3.8) is 0 Å². The van der Waals surface area contributed by atoms with Crippen molar-refractivity contribution in [2.75, 3.05) is 20.2 Å². The summed E-state index contributed by atoms with van der Waals surface area (Å²) in [4.78, 5) is 2.55. The van der Waals surface area contributed by atoms with Gasteiger partial charge in [0.1, 0.15) is 11.5 Å². The number of piperidine rings is 1. The van der Waals surface area contributed by atoms with E-state index in [0.29, 0.717) is 5.75 Å². The molecule has 1 aliphatic heterocycles. The van der Waals surface area contributed by atoms with Gasteiger partial charge < -0.3 is 9.84 Å². The van der Waals surface area contributed by atoms with Gasteiger partial charge in [0.25, 0.3) is 0 Å². The number of methoxy groups -OCH3 is 1. The topological polar surface area (TPSA) is 32.7 Å². The van der Waals surface area contributed by atoms with Crippen LogP contribution in [0.3, 0.4) is 0 Å². The van der Waals surface area contributed by atoms with E-state index in [1.807, 2.05) is 12.1 Å². The monoisotopic (exact) mass is 373 g/mol. The van der Waals surface area contributed by atoms with Crippen LogP contribution in [-0.2, 0) is 12.0 Å². The molecule has 0 radical (unpaired) electrons. The first-order valence-electron chi connectivity index (χ1n) is 9.90. The van der Waals surface area contributed by atoms with Crippen molar-refractivity contribution in [1.29, 1.82) is 0 Å². The molecular weight excluding hydrogens is 346 g/mol. The fourth-order valence-corrected chi connectivity index (χ4v) is 4.45. The summed E-state index contributed by atoms with van der Waals surface area (Å²) in [5.41, 5.74) is 3.82. The van der Waals surface area contributed by atoms with E-state index >= 15 is 0 Å². The van der Waals surface area contributed by atoms with E-state index in [2.05, 4.69) is 59.5 Å². The van der Waals surface area contributed by atoms with E-state index in [1.54, 1.807) is 19.2 Å². The predicted octanol–water partition coefficient (Wildman–Crippen LogP) is 4.98. The molecule has 0 aromatic heterocycles. The number of benzene rings is 3. The summed E-state index contributed by atoms with van der Waals surface area (Å²) < 4.78 is 5.37. The first-order chi connectivity index (χ1) is 13.7. The molecule has 0 spiro atoms. The average molecular weight is 373 g/mol. The van der Waals surface area contributed by atoms with Gasteiger partial charge in [0.15, 0.2) is 0 Å². The first-order valence-corrected chi connectivity index (χ1v) is 9.90. The summed E-state index contributed by atoms with van der Waals surface area (Å²) in [6, 6.07) is 26.9. The lowest BCUT2D eigenvalue weighted by atomic mass is 9.69. The lowest BCUT2D eigenvalue weighted by molar-refractivity contribution is 0.161. The Bertz CT molecular complexity index is 890. The Morgan fingerprint density at radius 2 is 1.54 bits per heavy atom. The molecule has 144 valence electrons.